The second kappa shape index (κ2) is 7.95. The fraction of sp³-hybridized carbons (Fsp3) is 0.368. The number of rotatable bonds is 4. The molecule has 1 fully saturated rings. The van der Waals surface area contributed by atoms with Crippen LogP contribution in [0.4, 0.5) is 5.95 Å². The van der Waals surface area contributed by atoms with Gasteiger partial charge < -0.3 is 15.1 Å². The highest BCUT2D eigenvalue weighted by Gasteiger charge is 2.21. The van der Waals surface area contributed by atoms with Gasteiger partial charge in [-0.25, -0.2) is 9.97 Å². The molecule has 0 atom stereocenters. The maximum Gasteiger partial charge on any atom is 0.270 e. The molecule has 1 aromatic heterocycles. The molecule has 0 saturated carbocycles. The van der Waals surface area contributed by atoms with Gasteiger partial charge in [-0.1, -0.05) is 29.8 Å². The van der Waals surface area contributed by atoms with Gasteiger partial charge in [-0.15, -0.1) is 0 Å². The van der Waals surface area contributed by atoms with Crippen LogP contribution in [0.3, 0.4) is 0 Å². The molecule has 136 valence electrons. The summed E-state index contributed by atoms with van der Waals surface area (Å²) in [7, 11) is 0. The number of benzene rings is 1. The molecule has 0 unspecified atom stereocenters. The maximum atomic E-state index is 12.4. The highest BCUT2D eigenvalue weighted by atomic mass is 16.2. The molecule has 2 aromatic rings. The second-order valence-electron chi connectivity index (χ2n) is 6.41. The van der Waals surface area contributed by atoms with Crippen molar-refractivity contribution < 1.29 is 9.59 Å². The second-order valence-corrected chi connectivity index (χ2v) is 6.41. The fourth-order valence-corrected chi connectivity index (χ4v) is 2.94. The van der Waals surface area contributed by atoms with E-state index in [1.54, 1.807) is 24.1 Å². The Morgan fingerprint density at radius 3 is 2.62 bits per heavy atom. The molecule has 0 radical (unpaired) electrons. The van der Waals surface area contributed by atoms with Gasteiger partial charge in [0.15, 0.2) is 0 Å². The average Bonchev–Trinajstić information content (AvgIpc) is 2.66. The summed E-state index contributed by atoms with van der Waals surface area (Å²) < 4.78 is 0. The molecule has 1 N–H and O–H groups in total. The molecule has 0 spiro atoms. The molecule has 7 nitrogen and oxygen atoms in total. The van der Waals surface area contributed by atoms with E-state index in [0.29, 0.717) is 44.4 Å². The van der Waals surface area contributed by atoms with E-state index in [9.17, 15) is 9.59 Å². The van der Waals surface area contributed by atoms with Gasteiger partial charge in [0.25, 0.3) is 5.91 Å². The lowest BCUT2D eigenvalue weighted by molar-refractivity contribution is -0.129. The van der Waals surface area contributed by atoms with Crippen molar-refractivity contribution in [2.24, 2.45) is 0 Å². The zero-order valence-corrected chi connectivity index (χ0v) is 15.1. The van der Waals surface area contributed by atoms with Gasteiger partial charge in [0, 0.05) is 45.8 Å². The zero-order valence-electron chi connectivity index (χ0n) is 15.1. The quantitative estimate of drug-likeness (QED) is 0.898. The molecule has 0 aliphatic carbocycles. The van der Waals surface area contributed by atoms with E-state index >= 15 is 0 Å². The number of carbonyl (C=O) groups is 2. The zero-order chi connectivity index (χ0) is 18.5. The minimum Gasteiger partial charge on any atom is -0.347 e. The number of aryl methyl sites for hydroxylation is 1. The van der Waals surface area contributed by atoms with Gasteiger partial charge in [0.1, 0.15) is 5.69 Å². The summed E-state index contributed by atoms with van der Waals surface area (Å²) in [5.41, 5.74) is 2.55. The molecule has 26 heavy (non-hydrogen) atoms. The van der Waals surface area contributed by atoms with Gasteiger partial charge in [-0.05, 0) is 18.6 Å². The smallest absolute Gasteiger partial charge is 0.270 e. The van der Waals surface area contributed by atoms with Crippen molar-refractivity contribution in [2.75, 3.05) is 31.1 Å². The summed E-state index contributed by atoms with van der Waals surface area (Å²) in [5, 5.41) is 2.89. The number of hydrogen-bond donors (Lipinski definition) is 1. The van der Waals surface area contributed by atoms with Crippen molar-refractivity contribution in [3.05, 3.63) is 53.3 Å². The van der Waals surface area contributed by atoms with Crippen LogP contribution in [0.15, 0.2) is 36.5 Å². The molecule has 1 aromatic carbocycles. The molecule has 3 rings (SSSR count). The normalized spacial score (nSPS) is 14.2. The number of carbonyl (C=O) groups excluding carboxylic acids is 2. The first-order chi connectivity index (χ1) is 12.5. The third kappa shape index (κ3) is 4.36. The minimum atomic E-state index is -0.225. The number of nitrogens with one attached hydrogen (secondary N) is 1. The van der Waals surface area contributed by atoms with E-state index in [0.717, 1.165) is 11.1 Å². The largest absolute Gasteiger partial charge is 0.347 e. The molecule has 1 aliphatic rings. The lowest BCUT2D eigenvalue weighted by atomic mass is 10.1. The molecular formula is C19H23N5O2. The van der Waals surface area contributed by atoms with Crippen LogP contribution in [0, 0.1) is 6.92 Å². The maximum absolute atomic E-state index is 12.4. The SMILES string of the molecule is CC(=O)N1CCN(c2nccc(C(=O)NCc3cccc(C)c3)n2)CC1. The highest BCUT2D eigenvalue weighted by molar-refractivity contribution is 5.92. The van der Waals surface area contributed by atoms with Crippen molar-refractivity contribution in [2.45, 2.75) is 20.4 Å². The van der Waals surface area contributed by atoms with Crippen LogP contribution in [-0.4, -0.2) is 52.9 Å². The van der Waals surface area contributed by atoms with Crippen molar-refractivity contribution in [3.63, 3.8) is 0 Å². The lowest BCUT2D eigenvalue weighted by Gasteiger charge is -2.34. The van der Waals surface area contributed by atoms with E-state index in [2.05, 4.69) is 15.3 Å². The van der Waals surface area contributed by atoms with Crippen LogP contribution in [0.5, 0.6) is 0 Å². The van der Waals surface area contributed by atoms with Crippen LogP contribution in [0.25, 0.3) is 0 Å². The van der Waals surface area contributed by atoms with E-state index in [1.807, 2.05) is 36.1 Å². The highest BCUT2D eigenvalue weighted by Crippen LogP contribution is 2.12. The summed E-state index contributed by atoms with van der Waals surface area (Å²) in [6, 6.07) is 9.63. The molecule has 1 saturated heterocycles. The van der Waals surface area contributed by atoms with E-state index in [-0.39, 0.29) is 11.8 Å². The molecular weight excluding hydrogens is 330 g/mol. The first-order valence-corrected chi connectivity index (χ1v) is 8.70. The topological polar surface area (TPSA) is 78.4 Å². The molecule has 2 amide bonds. The van der Waals surface area contributed by atoms with Crippen LogP contribution in [0.2, 0.25) is 0 Å². The third-order valence-corrected chi connectivity index (χ3v) is 4.42. The number of hydrogen-bond acceptors (Lipinski definition) is 5. The predicted octanol–water partition coefficient (Wildman–Crippen LogP) is 1.38. The number of amides is 2. The number of anilines is 1. The molecule has 1 aliphatic heterocycles. The van der Waals surface area contributed by atoms with Crippen molar-refractivity contribution in [1.29, 1.82) is 0 Å². The first-order valence-electron chi connectivity index (χ1n) is 8.70. The Bertz CT molecular complexity index is 800. The average molecular weight is 353 g/mol. The monoisotopic (exact) mass is 353 g/mol. The number of piperazine rings is 1. The number of nitrogens with zero attached hydrogens (tertiary/aromatic N) is 4. The van der Waals surface area contributed by atoms with Crippen molar-refractivity contribution in [3.8, 4) is 0 Å². The Hall–Kier alpha value is -2.96. The summed E-state index contributed by atoms with van der Waals surface area (Å²) in [6.07, 6.45) is 1.60. The molecule has 0 bridgehead atoms. The minimum absolute atomic E-state index is 0.0786. The van der Waals surface area contributed by atoms with Crippen LogP contribution >= 0.6 is 0 Å². The van der Waals surface area contributed by atoms with Crippen molar-refractivity contribution >= 4 is 17.8 Å². The summed E-state index contributed by atoms with van der Waals surface area (Å²) in [6.45, 7) is 6.66. The van der Waals surface area contributed by atoms with Crippen molar-refractivity contribution in [1.82, 2.24) is 20.2 Å². The predicted molar refractivity (Wildman–Crippen MR) is 98.8 cm³/mol. The van der Waals surface area contributed by atoms with Gasteiger partial charge in [0.05, 0.1) is 0 Å². The number of aromatic nitrogens is 2. The summed E-state index contributed by atoms with van der Waals surface area (Å²) in [5.74, 6) is 0.379. The van der Waals surface area contributed by atoms with Gasteiger partial charge >= 0.3 is 0 Å². The van der Waals surface area contributed by atoms with Gasteiger partial charge in [-0.2, -0.15) is 0 Å². The van der Waals surface area contributed by atoms with Gasteiger partial charge in [0.2, 0.25) is 11.9 Å². The Labute approximate surface area is 153 Å². The Kier molecular flexibility index (Phi) is 5.46. The van der Waals surface area contributed by atoms with E-state index in [1.165, 1.54) is 0 Å². The molecule has 2 heterocycles. The molecule has 7 heteroatoms. The summed E-state index contributed by atoms with van der Waals surface area (Å²) >= 11 is 0. The van der Waals surface area contributed by atoms with E-state index in [4.69, 9.17) is 0 Å². The van der Waals surface area contributed by atoms with E-state index < -0.39 is 0 Å². The first kappa shape index (κ1) is 17.8. The van der Waals surface area contributed by atoms with Crippen LogP contribution < -0.4 is 10.2 Å². The Morgan fingerprint density at radius 1 is 1.15 bits per heavy atom. The fourth-order valence-electron chi connectivity index (χ4n) is 2.94. The van der Waals surface area contributed by atoms with Crippen LogP contribution in [0.1, 0.15) is 28.5 Å². The standard InChI is InChI=1S/C19H23N5O2/c1-14-4-3-5-16(12-14)13-21-18(26)17-6-7-20-19(22-17)24-10-8-23(9-11-24)15(2)25/h3-7,12H,8-11,13H2,1-2H3,(H,21,26). The van der Waals surface area contributed by atoms with Crippen LogP contribution in [-0.2, 0) is 11.3 Å². The Balaban J connectivity index is 1.61. The van der Waals surface area contributed by atoms with Gasteiger partial charge in [-0.3, -0.25) is 9.59 Å². The summed E-state index contributed by atoms with van der Waals surface area (Å²) in [4.78, 5) is 36.3. The lowest BCUT2D eigenvalue weighted by Crippen LogP contribution is -2.48. The Morgan fingerprint density at radius 2 is 1.92 bits per heavy atom. The third-order valence-electron chi connectivity index (χ3n) is 4.42.